The molecule has 0 heterocycles. The zero-order valence-electron chi connectivity index (χ0n) is 19.1. The van der Waals surface area contributed by atoms with Gasteiger partial charge < -0.3 is 20.8 Å². The second-order valence-corrected chi connectivity index (χ2v) is 8.92. The highest BCUT2D eigenvalue weighted by Crippen LogP contribution is 2.28. The lowest BCUT2D eigenvalue weighted by atomic mass is 9.95. The number of carbonyl (C=O) groups is 2. The lowest BCUT2D eigenvalue weighted by Gasteiger charge is -2.21. The summed E-state index contributed by atoms with van der Waals surface area (Å²) in [6.07, 6.45) is 0. The number of nitrogens with one attached hydrogen (secondary N) is 2. The van der Waals surface area contributed by atoms with Crippen LogP contribution in [-0.4, -0.2) is 47.3 Å². The summed E-state index contributed by atoms with van der Waals surface area (Å²) >= 11 is 0. The van der Waals surface area contributed by atoms with E-state index in [0.717, 1.165) is 21.5 Å². The van der Waals surface area contributed by atoms with Crippen molar-refractivity contribution >= 4 is 33.4 Å². The van der Waals surface area contributed by atoms with E-state index in [2.05, 4.69) is 10.6 Å². The van der Waals surface area contributed by atoms with Crippen LogP contribution in [0.2, 0.25) is 0 Å². The third-order valence-corrected chi connectivity index (χ3v) is 6.00. The Morgan fingerprint density at radius 3 is 1.47 bits per heavy atom. The van der Waals surface area contributed by atoms with Crippen molar-refractivity contribution in [3.8, 4) is 0 Å². The second kappa shape index (κ2) is 10.1. The van der Waals surface area contributed by atoms with E-state index < -0.39 is 0 Å². The monoisotopic (exact) mass is 436 g/mol. The predicted molar refractivity (Wildman–Crippen MR) is 128 cm³/mol. The molecule has 0 radical (unpaired) electrons. The maximum atomic E-state index is 13.0. The van der Waals surface area contributed by atoms with Gasteiger partial charge in [0.05, 0.1) is 25.3 Å². The number of hydrogen-bond acceptors (Lipinski definition) is 4. The molecule has 32 heavy (non-hydrogen) atoms. The molecule has 3 aromatic carbocycles. The zero-order valence-corrected chi connectivity index (χ0v) is 19.1. The van der Waals surface area contributed by atoms with Crippen LogP contribution in [0.25, 0.3) is 21.5 Å². The first kappa shape index (κ1) is 23.7. The highest BCUT2D eigenvalue weighted by molar-refractivity contribution is 6.14. The molecule has 0 fully saturated rings. The number of aliphatic hydroxyl groups excluding tert-OH is 2. The van der Waals surface area contributed by atoms with Gasteiger partial charge in [0.15, 0.2) is 0 Å². The van der Waals surface area contributed by atoms with Gasteiger partial charge in [0.25, 0.3) is 11.8 Å². The average Bonchev–Trinajstić information content (AvgIpc) is 2.77. The highest BCUT2D eigenvalue weighted by Gasteiger charge is 2.20. The van der Waals surface area contributed by atoms with Crippen molar-refractivity contribution in [2.24, 2.45) is 11.8 Å². The maximum absolute atomic E-state index is 13.0. The zero-order chi connectivity index (χ0) is 23.4. The van der Waals surface area contributed by atoms with Crippen LogP contribution in [0.3, 0.4) is 0 Å². The molecule has 0 aliphatic rings. The van der Waals surface area contributed by atoms with E-state index in [0.29, 0.717) is 11.1 Å². The maximum Gasteiger partial charge on any atom is 0.252 e. The van der Waals surface area contributed by atoms with Gasteiger partial charge in [-0.2, -0.15) is 0 Å². The van der Waals surface area contributed by atoms with Crippen molar-refractivity contribution in [1.82, 2.24) is 10.6 Å². The molecule has 0 spiro atoms. The fourth-order valence-electron chi connectivity index (χ4n) is 3.79. The summed E-state index contributed by atoms with van der Waals surface area (Å²) in [5.41, 5.74) is 0.989. The molecule has 0 saturated heterocycles. The molecule has 4 N–H and O–H groups in total. The third-order valence-electron chi connectivity index (χ3n) is 6.00. The summed E-state index contributed by atoms with van der Waals surface area (Å²) in [6, 6.07) is 14.2. The fraction of sp³-hybridized carbons (Fsp3) is 0.385. The molecule has 3 rings (SSSR count). The molecular formula is C26H32N2O4. The Balaban J connectivity index is 2.08. The van der Waals surface area contributed by atoms with E-state index in [4.69, 9.17) is 0 Å². The van der Waals surface area contributed by atoms with E-state index >= 15 is 0 Å². The number of aliphatic hydroxyl groups is 2. The third kappa shape index (κ3) is 4.92. The van der Waals surface area contributed by atoms with Gasteiger partial charge in [-0.3, -0.25) is 9.59 Å². The minimum atomic E-state index is -0.342. The molecular weight excluding hydrogens is 404 g/mol. The smallest absolute Gasteiger partial charge is 0.252 e. The molecule has 6 heteroatoms. The van der Waals surface area contributed by atoms with E-state index in [1.54, 1.807) is 12.1 Å². The van der Waals surface area contributed by atoms with Gasteiger partial charge in [-0.25, -0.2) is 0 Å². The molecule has 0 aliphatic heterocycles. The summed E-state index contributed by atoms with van der Waals surface area (Å²) in [6.45, 7) is 7.50. The Labute approximate surface area is 188 Å². The Bertz CT molecular complexity index is 1040. The minimum Gasteiger partial charge on any atom is -0.394 e. The van der Waals surface area contributed by atoms with Crippen LogP contribution in [0.1, 0.15) is 48.4 Å². The average molecular weight is 437 g/mol. The Kier molecular flexibility index (Phi) is 7.48. The Hall–Kier alpha value is -2.96. The molecule has 3 aromatic rings. The van der Waals surface area contributed by atoms with Crippen molar-refractivity contribution < 1.29 is 19.8 Å². The second-order valence-electron chi connectivity index (χ2n) is 8.92. The lowest BCUT2D eigenvalue weighted by Crippen LogP contribution is -2.41. The molecule has 170 valence electrons. The molecule has 0 bridgehead atoms. The standard InChI is InChI=1S/C26H32N2O4/c1-15(2)23(13-29)27-25(31)19-9-5-7-17-11-18-8-6-10-20(22(18)12-21(17)19)26(32)28-24(14-30)16(3)4/h5-12,15-16,23-24,29-30H,13-14H2,1-4H3,(H,27,31)(H,28,32)/t23-,24-/m1/s1. The number of amides is 2. The molecule has 0 aliphatic carbocycles. The van der Waals surface area contributed by atoms with Crippen LogP contribution >= 0.6 is 0 Å². The van der Waals surface area contributed by atoms with Crippen molar-refractivity contribution in [2.75, 3.05) is 13.2 Å². The van der Waals surface area contributed by atoms with Crippen LogP contribution < -0.4 is 10.6 Å². The Morgan fingerprint density at radius 2 is 1.12 bits per heavy atom. The summed E-state index contributed by atoms with van der Waals surface area (Å²) < 4.78 is 0. The predicted octanol–water partition coefficient (Wildman–Crippen LogP) is 3.49. The fourth-order valence-corrected chi connectivity index (χ4v) is 3.79. The van der Waals surface area contributed by atoms with Crippen molar-refractivity contribution in [3.05, 3.63) is 59.7 Å². The number of carbonyl (C=O) groups excluding carboxylic acids is 2. The van der Waals surface area contributed by atoms with Gasteiger partial charge in [0.1, 0.15) is 0 Å². The molecule has 0 unspecified atom stereocenters. The van der Waals surface area contributed by atoms with Crippen LogP contribution in [0.15, 0.2) is 48.5 Å². The van der Waals surface area contributed by atoms with Gasteiger partial charge in [-0.1, -0.05) is 52.0 Å². The van der Waals surface area contributed by atoms with Crippen molar-refractivity contribution in [2.45, 2.75) is 39.8 Å². The van der Waals surface area contributed by atoms with Gasteiger partial charge in [0.2, 0.25) is 0 Å². The Morgan fingerprint density at radius 1 is 0.719 bits per heavy atom. The molecule has 2 atom stereocenters. The van der Waals surface area contributed by atoms with Crippen LogP contribution in [0, 0.1) is 11.8 Å². The van der Waals surface area contributed by atoms with E-state index in [1.165, 1.54) is 0 Å². The topological polar surface area (TPSA) is 98.7 Å². The normalized spacial score (nSPS) is 13.5. The van der Waals surface area contributed by atoms with Crippen LogP contribution in [0.5, 0.6) is 0 Å². The summed E-state index contributed by atoms with van der Waals surface area (Å²) in [7, 11) is 0. The summed E-state index contributed by atoms with van der Waals surface area (Å²) in [4.78, 5) is 26.0. The highest BCUT2D eigenvalue weighted by atomic mass is 16.3. The van der Waals surface area contributed by atoms with Gasteiger partial charge in [0, 0.05) is 11.1 Å². The summed E-state index contributed by atoms with van der Waals surface area (Å²) in [5.74, 6) is -0.333. The van der Waals surface area contributed by atoms with Gasteiger partial charge in [-0.15, -0.1) is 0 Å². The van der Waals surface area contributed by atoms with Crippen LogP contribution in [-0.2, 0) is 0 Å². The quantitative estimate of drug-likeness (QED) is 0.406. The molecule has 6 nitrogen and oxygen atoms in total. The van der Waals surface area contributed by atoms with E-state index in [1.807, 2.05) is 64.1 Å². The first-order chi connectivity index (χ1) is 15.3. The van der Waals surface area contributed by atoms with Crippen LogP contribution in [0.4, 0.5) is 0 Å². The largest absolute Gasteiger partial charge is 0.394 e. The number of hydrogen-bond donors (Lipinski definition) is 4. The van der Waals surface area contributed by atoms with Gasteiger partial charge >= 0.3 is 0 Å². The number of fused-ring (bicyclic) bond motifs is 2. The van der Waals surface area contributed by atoms with E-state index in [-0.39, 0.29) is 48.9 Å². The molecule has 0 aromatic heterocycles. The van der Waals surface area contributed by atoms with E-state index in [9.17, 15) is 19.8 Å². The summed E-state index contributed by atoms with van der Waals surface area (Å²) in [5, 5.41) is 28.3. The SMILES string of the molecule is CC(C)[C@@H](CO)NC(=O)c1cccc2cc3cccc(C(=O)N[C@H](CO)C(C)C)c3cc12. The number of benzene rings is 3. The first-order valence-electron chi connectivity index (χ1n) is 11.1. The lowest BCUT2D eigenvalue weighted by molar-refractivity contribution is 0.0892. The molecule has 0 saturated carbocycles. The van der Waals surface area contributed by atoms with Crippen molar-refractivity contribution in [3.63, 3.8) is 0 Å². The number of rotatable bonds is 8. The minimum absolute atomic E-state index is 0.0930. The van der Waals surface area contributed by atoms with Gasteiger partial charge in [-0.05, 0) is 57.6 Å². The van der Waals surface area contributed by atoms with Crippen molar-refractivity contribution in [1.29, 1.82) is 0 Å². The first-order valence-corrected chi connectivity index (χ1v) is 11.1. The molecule has 2 amide bonds.